The third kappa shape index (κ3) is 5.12. The first-order chi connectivity index (χ1) is 12.6. The van der Waals surface area contributed by atoms with Crippen LogP contribution in [0.3, 0.4) is 0 Å². The summed E-state index contributed by atoms with van der Waals surface area (Å²) < 4.78 is 33.5. The van der Waals surface area contributed by atoms with Crippen LogP contribution in [0.25, 0.3) is 22.3 Å². The molecule has 0 fully saturated rings. The average molecular weight is 383 g/mol. The second-order valence-corrected chi connectivity index (χ2v) is 5.73. The number of ketones is 1. The minimum atomic E-state index is -5.08. The first-order valence-corrected chi connectivity index (χ1v) is 7.71. The number of Topliss-reactive ketones (excluding diaryl/α,β-unsaturated/α-hetero) is 1. The molecule has 0 aliphatic heterocycles. The minimum absolute atomic E-state index is 0.0461. The van der Waals surface area contributed by atoms with Crippen LogP contribution in [0.1, 0.15) is 26.3 Å². The van der Waals surface area contributed by atoms with Crippen LogP contribution in [0.15, 0.2) is 31.0 Å². The lowest BCUT2D eigenvalue weighted by atomic mass is 10.1. The summed E-state index contributed by atoms with van der Waals surface area (Å²) in [5.41, 5.74) is 2.57. The summed E-state index contributed by atoms with van der Waals surface area (Å²) in [5, 5.41) is 12.4. The maximum absolute atomic E-state index is 11.2. The molecule has 0 amide bonds. The van der Waals surface area contributed by atoms with Crippen molar-refractivity contribution in [2.75, 3.05) is 0 Å². The molecule has 0 saturated heterocycles. The quantitative estimate of drug-likeness (QED) is 0.716. The Hall–Kier alpha value is -3.24. The third-order valence-electron chi connectivity index (χ3n) is 3.51. The smallest absolute Gasteiger partial charge is 0.475 e. The van der Waals surface area contributed by atoms with Crippen LogP contribution >= 0.6 is 0 Å². The predicted molar refractivity (Wildman–Crippen MR) is 88.8 cm³/mol. The number of aromatic nitrogens is 5. The second kappa shape index (κ2) is 7.98. The van der Waals surface area contributed by atoms with Gasteiger partial charge in [-0.2, -0.15) is 18.3 Å². The lowest BCUT2D eigenvalue weighted by Gasteiger charge is -2.09. The molecule has 0 radical (unpaired) electrons. The molecule has 3 aromatic heterocycles. The monoisotopic (exact) mass is 383 g/mol. The van der Waals surface area contributed by atoms with E-state index < -0.39 is 12.1 Å². The number of halogens is 3. The Morgan fingerprint density at radius 1 is 1.33 bits per heavy atom. The van der Waals surface area contributed by atoms with E-state index >= 15 is 0 Å². The van der Waals surface area contributed by atoms with Gasteiger partial charge < -0.3 is 10.1 Å². The molecule has 3 heterocycles. The van der Waals surface area contributed by atoms with E-state index in [0.29, 0.717) is 6.42 Å². The Labute approximate surface area is 151 Å². The molecule has 2 N–H and O–H groups in total. The lowest BCUT2D eigenvalue weighted by Crippen LogP contribution is -2.21. The number of rotatable bonds is 4. The van der Waals surface area contributed by atoms with Gasteiger partial charge in [0.2, 0.25) is 0 Å². The Kier molecular flexibility index (Phi) is 5.93. The van der Waals surface area contributed by atoms with Crippen LogP contribution in [0.4, 0.5) is 13.2 Å². The van der Waals surface area contributed by atoms with E-state index in [9.17, 15) is 18.0 Å². The average Bonchev–Trinajstić information content (AvgIpc) is 3.23. The summed E-state index contributed by atoms with van der Waals surface area (Å²) in [7, 11) is 0. The molecule has 144 valence electrons. The van der Waals surface area contributed by atoms with E-state index in [-0.39, 0.29) is 11.8 Å². The van der Waals surface area contributed by atoms with Gasteiger partial charge >= 0.3 is 12.1 Å². The SMILES string of the molecule is CC(=O)CC(C)n1cc(-c2ncnc3[nH]ccc23)cn1.O=C(O)C(F)(F)F. The topological polar surface area (TPSA) is 114 Å². The number of nitrogens with zero attached hydrogens (tertiary/aromatic N) is 4. The molecule has 0 bridgehead atoms. The van der Waals surface area contributed by atoms with Gasteiger partial charge in [-0.1, -0.05) is 0 Å². The number of carbonyl (C=O) groups excluding carboxylic acids is 1. The molecule has 0 aromatic carbocycles. The van der Waals surface area contributed by atoms with E-state index in [0.717, 1.165) is 22.3 Å². The number of carbonyl (C=O) groups is 2. The van der Waals surface area contributed by atoms with Crippen LogP contribution in [0, 0.1) is 0 Å². The fourth-order valence-corrected chi connectivity index (χ4v) is 2.31. The summed E-state index contributed by atoms with van der Waals surface area (Å²) in [6.45, 7) is 3.57. The molecule has 27 heavy (non-hydrogen) atoms. The van der Waals surface area contributed by atoms with E-state index in [1.165, 1.54) is 6.33 Å². The highest BCUT2D eigenvalue weighted by atomic mass is 19.4. The number of alkyl halides is 3. The molecular formula is C16H16F3N5O3. The van der Waals surface area contributed by atoms with Crippen molar-refractivity contribution in [2.45, 2.75) is 32.5 Å². The van der Waals surface area contributed by atoms with Gasteiger partial charge in [0.15, 0.2) is 0 Å². The van der Waals surface area contributed by atoms with Gasteiger partial charge in [-0.05, 0) is 19.9 Å². The van der Waals surface area contributed by atoms with Gasteiger partial charge in [0.1, 0.15) is 17.8 Å². The van der Waals surface area contributed by atoms with Crippen molar-refractivity contribution < 1.29 is 27.9 Å². The Balaban J connectivity index is 0.000000321. The number of fused-ring (bicyclic) bond motifs is 1. The first kappa shape index (κ1) is 20.1. The van der Waals surface area contributed by atoms with Crippen molar-refractivity contribution in [3.05, 3.63) is 31.0 Å². The lowest BCUT2D eigenvalue weighted by molar-refractivity contribution is -0.192. The van der Waals surface area contributed by atoms with Gasteiger partial charge in [0, 0.05) is 29.8 Å². The van der Waals surface area contributed by atoms with E-state index in [2.05, 4.69) is 20.1 Å². The van der Waals surface area contributed by atoms with Crippen molar-refractivity contribution in [1.82, 2.24) is 24.7 Å². The van der Waals surface area contributed by atoms with Gasteiger partial charge in [-0.3, -0.25) is 9.48 Å². The molecular weight excluding hydrogens is 367 g/mol. The summed E-state index contributed by atoms with van der Waals surface area (Å²) in [4.78, 5) is 31.6. The summed E-state index contributed by atoms with van der Waals surface area (Å²) in [6, 6.07) is 1.99. The van der Waals surface area contributed by atoms with E-state index in [1.54, 1.807) is 17.8 Å². The summed E-state index contributed by atoms with van der Waals surface area (Å²) >= 11 is 0. The maximum atomic E-state index is 11.2. The van der Waals surface area contributed by atoms with Crippen molar-refractivity contribution in [2.24, 2.45) is 0 Å². The zero-order valence-electron chi connectivity index (χ0n) is 14.4. The van der Waals surface area contributed by atoms with Gasteiger partial charge in [-0.25, -0.2) is 14.8 Å². The van der Waals surface area contributed by atoms with Crippen molar-refractivity contribution in [3.8, 4) is 11.3 Å². The molecule has 8 nitrogen and oxygen atoms in total. The Morgan fingerprint density at radius 2 is 2.00 bits per heavy atom. The van der Waals surface area contributed by atoms with Crippen LogP contribution in [0.2, 0.25) is 0 Å². The number of nitrogens with one attached hydrogen (secondary N) is 1. The maximum Gasteiger partial charge on any atom is 0.490 e. The van der Waals surface area contributed by atoms with Crippen molar-refractivity contribution in [1.29, 1.82) is 0 Å². The fourth-order valence-electron chi connectivity index (χ4n) is 2.31. The van der Waals surface area contributed by atoms with Crippen LogP contribution in [-0.2, 0) is 9.59 Å². The van der Waals surface area contributed by atoms with Gasteiger partial charge in [0.05, 0.1) is 17.9 Å². The third-order valence-corrected chi connectivity index (χ3v) is 3.51. The number of H-pyrrole nitrogens is 1. The molecule has 1 atom stereocenters. The number of hydrogen-bond donors (Lipinski definition) is 2. The molecule has 0 spiro atoms. The highest BCUT2D eigenvalue weighted by Gasteiger charge is 2.38. The Bertz CT molecular complexity index is 948. The normalized spacial score (nSPS) is 12.3. The largest absolute Gasteiger partial charge is 0.490 e. The van der Waals surface area contributed by atoms with Gasteiger partial charge in [0.25, 0.3) is 0 Å². The number of carboxylic acids is 1. The zero-order valence-corrected chi connectivity index (χ0v) is 14.4. The van der Waals surface area contributed by atoms with Crippen molar-refractivity contribution >= 4 is 22.8 Å². The molecule has 11 heteroatoms. The second-order valence-electron chi connectivity index (χ2n) is 5.73. The summed E-state index contributed by atoms with van der Waals surface area (Å²) in [5.74, 6) is -2.60. The van der Waals surface area contributed by atoms with Crippen molar-refractivity contribution in [3.63, 3.8) is 0 Å². The van der Waals surface area contributed by atoms with Gasteiger partial charge in [-0.15, -0.1) is 0 Å². The Morgan fingerprint density at radius 3 is 2.59 bits per heavy atom. The molecule has 3 aromatic rings. The molecule has 0 aliphatic rings. The van der Waals surface area contributed by atoms with Crippen LogP contribution in [0.5, 0.6) is 0 Å². The molecule has 3 rings (SSSR count). The highest BCUT2D eigenvalue weighted by Crippen LogP contribution is 2.25. The molecule has 0 saturated carbocycles. The molecule has 0 aliphatic carbocycles. The standard InChI is InChI=1S/C14H15N5O.C2HF3O2/c1-9(5-10(2)20)19-7-11(6-18-19)13-12-3-4-15-14(12)17-8-16-13;3-2(4,5)1(6)7/h3-4,6-9H,5H2,1-2H3,(H,15,16,17);(H,6,7). The predicted octanol–water partition coefficient (Wildman–Crippen LogP) is 2.99. The minimum Gasteiger partial charge on any atom is -0.475 e. The number of carboxylic acid groups (broad SMARTS) is 1. The number of aromatic amines is 1. The van der Waals surface area contributed by atoms with Crippen LogP contribution < -0.4 is 0 Å². The molecule has 1 unspecified atom stereocenters. The van der Waals surface area contributed by atoms with E-state index in [1.807, 2.05) is 25.4 Å². The van der Waals surface area contributed by atoms with E-state index in [4.69, 9.17) is 9.90 Å². The number of hydrogen-bond acceptors (Lipinski definition) is 5. The first-order valence-electron chi connectivity index (χ1n) is 7.71. The number of aliphatic carboxylic acids is 1. The highest BCUT2D eigenvalue weighted by molar-refractivity contribution is 5.90. The summed E-state index contributed by atoms with van der Waals surface area (Å²) in [6.07, 6.45) is 2.45. The van der Waals surface area contributed by atoms with Crippen LogP contribution in [-0.4, -0.2) is 47.8 Å². The zero-order chi connectivity index (χ0) is 20.2. The fraction of sp³-hybridized carbons (Fsp3) is 0.312.